The van der Waals surface area contributed by atoms with E-state index in [-0.39, 0.29) is 11.9 Å². The number of amides is 1. The van der Waals surface area contributed by atoms with Gasteiger partial charge < -0.3 is 10.2 Å². The molecule has 0 bridgehead atoms. The standard InChI is InChI=1S/C18H24N4O/c1-4-5-13-22(3)18(23)16-11-12-17(21-20-16)19-14(2)15-9-7-6-8-10-15/h6-12,14H,4-5,13H2,1-3H3,(H,19,21). The van der Waals surface area contributed by atoms with Crippen molar-refractivity contribution in [2.24, 2.45) is 0 Å². The van der Waals surface area contributed by atoms with Gasteiger partial charge in [0.2, 0.25) is 0 Å². The minimum absolute atomic E-state index is 0.0893. The van der Waals surface area contributed by atoms with E-state index < -0.39 is 0 Å². The van der Waals surface area contributed by atoms with E-state index >= 15 is 0 Å². The van der Waals surface area contributed by atoms with Gasteiger partial charge in [0.25, 0.3) is 5.91 Å². The molecule has 5 nitrogen and oxygen atoms in total. The molecule has 0 aliphatic rings. The number of benzene rings is 1. The zero-order valence-corrected chi connectivity index (χ0v) is 14.0. The van der Waals surface area contributed by atoms with Gasteiger partial charge >= 0.3 is 0 Å². The molecule has 0 saturated carbocycles. The van der Waals surface area contributed by atoms with Crippen LogP contribution in [0.3, 0.4) is 0 Å². The maximum atomic E-state index is 12.2. The molecule has 23 heavy (non-hydrogen) atoms. The van der Waals surface area contributed by atoms with Crippen LogP contribution in [-0.4, -0.2) is 34.6 Å². The van der Waals surface area contributed by atoms with Gasteiger partial charge in [-0.1, -0.05) is 43.7 Å². The van der Waals surface area contributed by atoms with E-state index in [1.54, 1.807) is 24.1 Å². The summed E-state index contributed by atoms with van der Waals surface area (Å²) < 4.78 is 0. The third-order valence-corrected chi connectivity index (χ3v) is 3.74. The van der Waals surface area contributed by atoms with Gasteiger partial charge in [-0.25, -0.2) is 0 Å². The summed E-state index contributed by atoms with van der Waals surface area (Å²) in [6, 6.07) is 13.8. The predicted octanol–water partition coefficient (Wildman–Crippen LogP) is 3.52. The molecule has 1 atom stereocenters. The fourth-order valence-electron chi connectivity index (χ4n) is 2.26. The van der Waals surface area contributed by atoms with Crippen LogP contribution in [0.2, 0.25) is 0 Å². The largest absolute Gasteiger partial charge is 0.362 e. The van der Waals surface area contributed by atoms with Crippen molar-refractivity contribution >= 4 is 11.7 Å². The number of anilines is 1. The van der Waals surface area contributed by atoms with Gasteiger partial charge in [-0.15, -0.1) is 10.2 Å². The van der Waals surface area contributed by atoms with Gasteiger partial charge in [0.15, 0.2) is 5.69 Å². The molecule has 1 unspecified atom stereocenters. The molecule has 5 heteroatoms. The molecule has 1 N–H and O–H groups in total. The Kier molecular flexibility index (Phi) is 6.09. The molecule has 0 aliphatic heterocycles. The van der Waals surface area contributed by atoms with Crippen LogP contribution in [-0.2, 0) is 0 Å². The number of carbonyl (C=O) groups is 1. The molecule has 0 aliphatic carbocycles. The van der Waals surface area contributed by atoms with E-state index in [2.05, 4.69) is 41.5 Å². The summed E-state index contributed by atoms with van der Waals surface area (Å²) in [4.78, 5) is 13.9. The van der Waals surface area contributed by atoms with Crippen molar-refractivity contribution < 1.29 is 4.79 Å². The minimum Gasteiger partial charge on any atom is -0.362 e. The quantitative estimate of drug-likeness (QED) is 0.850. The molecule has 0 spiro atoms. The van der Waals surface area contributed by atoms with Crippen LogP contribution in [0.4, 0.5) is 5.82 Å². The molecular weight excluding hydrogens is 288 g/mol. The van der Waals surface area contributed by atoms with E-state index in [0.29, 0.717) is 11.5 Å². The van der Waals surface area contributed by atoms with Crippen LogP contribution < -0.4 is 5.32 Å². The highest BCUT2D eigenvalue weighted by Crippen LogP contribution is 2.17. The molecule has 1 aromatic heterocycles. The summed E-state index contributed by atoms with van der Waals surface area (Å²) in [6.07, 6.45) is 2.05. The lowest BCUT2D eigenvalue weighted by Crippen LogP contribution is -2.28. The molecule has 1 amide bonds. The summed E-state index contributed by atoms with van der Waals surface area (Å²) in [5.41, 5.74) is 1.55. The zero-order chi connectivity index (χ0) is 16.7. The fourth-order valence-corrected chi connectivity index (χ4v) is 2.26. The Hall–Kier alpha value is -2.43. The third-order valence-electron chi connectivity index (χ3n) is 3.74. The number of rotatable bonds is 7. The number of nitrogens with one attached hydrogen (secondary N) is 1. The molecule has 122 valence electrons. The SMILES string of the molecule is CCCCN(C)C(=O)c1ccc(NC(C)c2ccccc2)nn1. The Morgan fingerprint density at radius 3 is 2.52 bits per heavy atom. The molecule has 1 aromatic carbocycles. The average molecular weight is 312 g/mol. The van der Waals surface area contributed by atoms with Crippen molar-refractivity contribution in [3.05, 3.63) is 53.7 Å². The minimum atomic E-state index is -0.0893. The number of aromatic nitrogens is 2. The molecule has 0 fully saturated rings. The summed E-state index contributed by atoms with van der Waals surface area (Å²) in [5, 5.41) is 11.5. The maximum absolute atomic E-state index is 12.2. The van der Waals surface area contributed by atoms with Crippen LogP contribution >= 0.6 is 0 Å². The number of hydrogen-bond donors (Lipinski definition) is 1. The first-order valence-electron chi connectivity index (χ1n) is 8.02. The van der Waals surface area contributed by atoms with Crippen molar-refractivity contribution in [1.82, 2.24) is 15.1 Å². The monoisotopic (exact) mass is 312 g/mol. The van der Waals surface area contributed by atoms with Crippen molar-refractivity contribution in [3.8, 4) is 0 Å². The summed E-state index contributed by atoms with van der Waals surface area (Å²) in [5.74, 6) is 0.572. The summed E-state index contributed by atoms with van der Waals surface area (Å²) >= 11 is 0. The van der Waals surface area contributed by atoms with Crippen molar-refractivity contribution in [1.29, 1.82) is 0 Å². The lowest BCUT2D eigenvalue weighted by Gasteiger charge is -2.17. The molecule has 2 rings (SSSR count). The summed E-state index contributed by atoms with van der Waals surface area (Å²) in [7, 11) is 1.79. The maximum Gasteiger partial charge on any atom is 0.274 e. The van der Waals surface area contributed by atoms with Crippen LogP contribution in [0, 0.1) is 0 Å². The van der Waals surface area contributed by atoms with E-state index in [1.807, 2.05) is 18.2 Å². The Labute approximate surface area is 137 Å². The number of hydrogen-bond acceptors (Lipinski definition) is 4. The Morgan fingerprint density at radius 1 is 1.17 bits per heavy atom. The normalized spacial score (nSPS) is 11.8. The van der Waals surface area contributed by atoms with E-state index in [0.717, 1.165) is 19.4 Å². The average Bonchev–Trinajstić information content (AvgIpc) is 2.60. The zero-order valence-electron chi connectivity index (χ0n) is 14.0. The second-order valence-corrected chi connectivity index (χ2v) is 5.66. The highest BCUT2D eigenvalue weighted by Gasteiger charge is 2.13. The lowest BCUT2D eigenvalue weighted by molar-refractivity contribution is 0.0786. The highest BCUT2D eigenvalue weighted by atomic mass is 16.2. The molecule has 2 aromatic rings. The summed E-state index contributed by atoms with van der Waals surface area (Å²) in [6.45, 7) is 4.91. The van der Waals surface area contributed by atoms with E-state index in [4.69, 9.17) is 0 Å². The number of nitrogens with zero attached hydrogens (tertiary/aromatic N) is 3. The van der Waals surface area contributed by atoms with Gasteiger partial charge in [-0.2, -0.15) is 0 Å². The van der Waals surface area contributed by atoms with Crippen LogP contribution in [0.25, 0.3) is 0 Å². The van der Waals surface area contributed by atoms with Crippen LogP contribution in [0.1, 0.15) is 48.8 Å². The molecule has 0 saturated heterocycles. The van der Waals surface area contributed by atoms with Gasteiger partial charge in [-0.3, -0.25) is 4.79 Å². The van der Waals surface area contributed by atoms with Gasteiger partial charge in [0, 0.05) is 19.6 Å². The van der Waals surface area contributed by atoms with Gasteiger partial charge in [-0.05, 0) is 31.0 Å². The highest BCUT2D eigenvalue weighted by molar-refractivity contribution is 5.92. The first kappa shape index (κ1) is 16.9. The predicted molar refractivity (Wildman–Crippen MR) is 92.4 cm³/mol. The first-order valence-corrected chi connectivity index (χ1v) is 8.02. The third kappa shape index (κ3) is 4.77. The molecular formula is C18H24N4O. The topological polar surface area (TPSA) is 58.1 Å². The van der Waals surface area contributed by atoms with Gasteiger partial charge in [0.1, 0.15) is 5.82 Å². The van der Waals surface area contributed by atoms with Crippen LogP contribution in [0.5, 0.6) is 0 Å². The number of unbranched alkanes of at least 4 members (excludes halogenated alkanes) is 1. The number of carbonyl (C=O) groups excluding carboxylic acids is 1. The van der Waals surface area contributed by atoms with Gasteiger partial charge in [0.05, 0.1) is 0 Å². The van der Waals surface area contributed by atoms with Crippen molar-refractivity contribution in [2.75, 3.05) is 18.9 Å². The Morgan fingerprint density at radius 2 is 1.91 bits per heavy atom. The lowest BCUT2D eigenvalue weighted by atomic mass is 10.1. The van der Waals surface area contributed by atoms with E-state index in [9.17, 15) is 4.79 Å². The second kappa shape index (κ2) is 8.27. The molecule has 1 heterocycles. The van der Waals surface area contributed by atoms with Crippen molar-refractivity contribution in [3.63, 3.8) is 0 Å². The second-order valence-electron chi connectivity index (χ2n) is 5.66. The van der Waals surface area contributed by atoms with Crippen LogP contribution in [0.15, 0.2) is 42.5 Å². The molecule has 0 radical (unpaired) electrons. The first-order chi connectivity index (χ1) is 11.1. The fraction of sp³-hybridized carbons (Fsp3) is 0.389. The Balaban J connectivity index is 1.98. The van der Waals surface area contributed by atoms with Crippen molar-refractivity contribution in [2.45, 2.75) is 32.7 Å². The smallest absolute Gasteiger partial charge is 0.274 e. The Bertz CT molecular complexity index is 613. The van der Waals surface area contributed by atoms with E-state index in [1.165, 1.54) is 5.56 Å².